The summed E-state index contributed by atoms with van der Waals surface area (Å²) in [5.41, 5.74) is -0.145. The monoisotopic (exact) mass is 416 g/mol. The third-order valence-electron chi connectivity index (χ3n) is 5.06. The molecule has 9 heteroatoms. The van der Waals surface area contributed by atoms with Gasteiger partial charge in [-0.2, -0.15) is 0 Å². The standard InChI is InChI=1S/C21H24N2O7/c1-21(2)20(25)19(29-4)14-10-15(16(23(26)27)11-17(14)30-21)22-18(24)9-12-5-7-13(28-3)8-6-12/h5-8,10-11,19-20,25H,9H2,1-4H3,(H,22,24). The minimum Gasteiger partial charge on any atom is -0.497 e. The number of fused-ring (bicyclic) bond motifs is 1. The fourth-order valence-corrected chi connectivity index (χ4v) is 3.41. The second-order valence-corrected chi connectivity index (χ2v) is 7.54. The lowest BCUT2D eigenvalue weighted by molar-refractivity contribution is -0.384. The number of nitro benzene ring substituents is 1. The van der Waals surface area contributed by atoms with Gasteiger partial charge in [-0.3, -0.25) is 14.9 Å². The van der Waals surface area contributed by atoms with Gasteiger partial charge in [0.1, 0.15) is 35.0 Å². The molecule has 2 atom stereocenters. The molecule has 0 aromatic heterocycles. The molecule has 0 bridgehead atoms. The number of carbonyl (C=O) groups excluding carboxylic acids is 1. The van der Waals surface area contributed by atoms with Crippen LogP contribution in [-0.2, 0) is 16.0 Å². The molecule has 2 unspecified atom stereocenters. The van der Waals surface area contributed by atoms with Crippen LogP contribution in [0.3, 0.4) is 0 Å². The number of nitrogens with one attached hydrogen (secondary N) is 1. The summed E-state index contributed by atoms with van der Waals surface area (Å²) in [7, 11) is 2.98. The zero-order chi connectivity index (χ0) is 22.1. The lowest BCUT2D eigenvalue weighted by atomic mass is 9.88. The summed E-state index contributed by atoms with van der Waals surface area (Å²) in [5.74, 6) is 0.475. The average Bonchev–Trinajstić information content (AvgIpc) is 2.69. The second kappa shape index (κ2) is 8.29. The van der Waals surface area contributed by atoms with E-state index < -0.39 is 28.6 Å². The minimum absolute atomic E-state index is 0.00909. The van der Waals surface area contributed by atoms with Gasteiger partial charge in [-0.1, -0.05) is 12.1 Å². The summed E-state index contributed by atoms with van der Waals surface area (Å²) >= 11 is 0. The molecule has 3 rings (SSSR count). The number of rotatable bonds is 6. The molecule has 0 saturated heterocycles. The molecule has 160 valence electrons. The van der Waals surface area contributed by atoms with Crippen LogP contribution in [0, 0.1) is 10.1 Å². The number of amides is 1. The summed E-state index contributed by atoms with van der Waals surface area (Å²) in [4.78, 5) is 23.5. The van der Waals surface area contributed by atoms with Gasteiger partial charge in [0.2, 0.25) is 5.91 Å². The molecule has 0 aliphatic carbocycles. The van der Waals surface area contributed by atoms with Crippen LogP contribution in [0.1, 0.15) is 31.1 Å². The van der Waals surface area contributed by atoms with Crippen molar-refractivity contribution in [3.05, 3.63) is 57.6 Å². The van der Waals surface area contributed by atoms with E-state index in [1.54, 1.807) is 45.2 Å². The number of aliphatic hydroxyl groups is 1. The molecule has 1 aliphatic rings. The van der Waals surface area contributed by atoms with Gasteiger partial charge in [-0.05, 0) is 37.6 Å². The Bertz CT molecular complexity index is 957. The topological polar surface area (TPSA) is 120 Å². The summed E-state index contributed by atoms with van der Waals surface area (Å²) in [6.07, 6.45) is -1.74. The number of anilines is 1. The number of carbonyl (C=O) groups is 1. The number of hydrogen-bond acceptors (Lipinski definition) is 7. The lowest BCUT2D eigenvalue weighted by Gasteiger charge is -2.41. The number of nitro groups is 1. The van der Waals surface area contributed by atoms with Gasteiger partial charge in [0.05, 0.1) is 24.5 Å². The third-order valence-corrected chi connectivity index (χ3v) is 5.06. The number of benzene rings is 2. The van der Waals surface area contributed by atoms with Crippen molar-refractivity contribution in [2.24, 2.45) is 0 Å². The molecule has 0 fully saturated rings. The normalized spacial score (nSPS) is 19.4. The highest BCUT2D eigenvalue weighted by Gasteiger charge is 2.44. The van der Waals surface area contributed by atoms with Crippen LogP contribution >= 0.6 is 0 Å². The summed E-state index contributed by atoms with van der Waals surface area (Å²) < 4.78 is 16.3. The molecule has 1 amide bonds. The maximum absolute atomic E-state index is 12.5. The number of aliphatic hydroxyl groups excluding tert-OH is 1. The Morgan fingerprint density at radius 1 is 1.27 bits per heavy atom. The second-order valence-electron chi connectivity index (χ2n) is 7.54. The minimum atomic E-state index is -1.00. The van der Waals surface area contributed by atoms with Gasteiger partial charge >= 0.3 is 0 Å². The first-order valence-corrected chi connectivity index (χ1v) is 9.31. The van der Waals surface area contributed by atoms with Crippen LogP contribution in [0.5, 0.6) is 11.5 Å². The summed E-state index contributed by atoms with van der Waals surface area (Å²) in [5, 5.41) is 24.7. The van der Waals surface area contributed by atoms with Crippen molar-refractivity contribution in [3.8, 4) is 11.5 Å². The van der Waals surface area contributed by atoms with Gasteiger partial charge in [0.15, 0.2) is 0 Å². The lowest BCUT2D eigenvalue weighted by Crippen LogP contribution is -2.49. The van der Waals surface area contributed by atoms with E-state index in [9.17, 15) is 20.0 Å². The van der Waals surface area contributed by atoms with E-state index in [1.807, 2.05) is 0 Å². The van der Waals surface area contributed by atoms with Crippen LogP contribution in [0.2, 0.25) is 0 Å². The molecular formula is C21H24N2O7. The van der Waals surface area contributed by atoms with Gasteiger partial charge in [0, 0.05) is 12.7 Å². The summed E-state index contributed by atoms with van der Waals surface area (Å²) in [6.45, 7) is 3.34. The van der Waals surface area contributed by atoms with Crippen LogP contribution in [-0.4, -0.2) is 41.9 Å². The zero-order valence-electron chi connectivity index (χ0n) is 17.2. The highest BCUT2D eigenvalue weighted by molar-refractivity contribution is 5.95. The largest absolute Gasteiger partial charge is 0.497 e. The Morgan fingerprint density at radius 3 is 2.50 bits per heavy atom. The fourth-order valence-electron chi connectivity index (χ4n) is 3.41. The first kappa shape index (κ1) is 21.5. The molecular weight excluding hydrogens is 392 g/mol. The van der Waals surface area contributed by atoms with Crippen molar-refractivity contribution < 1.29 is 29.0 Å². The van der Waals surface area contributed by atoms with Crippen molar-refractivity contribution in [2.75, 3.05) is 19.5 Å². The molecule has 9 nitrogen and oxygen atoms in total. The van der Waals surface area contributed by atoms with Gasteiger partial charge < -0.3 is 24.6 Å². The van der Waals surface area contributed by atoms with Gasteiger partial charge in [0.25, 0.3) is 5.69 Å². The predicted molar refractivity (Wildman–Crippen MR) is 109 cm³/mol. The van der Waals surface area contributed by atoms with E-state index in [2.05, 4.69) is 5.32 Å². The zero-order valence-corrected chi connectivity index (χ0v) is 17.2. The Kier molecular flexibility index (Phi) is 5.95. The first-order valence-electron chi connectivity index (χ1n) is 9.31. The Balaban J connectivity index is 1.91. The Labute approximate surface area is 173 Å². The average molecular weight is 416 g/mol. The molecule has 0 radical (unpaired) electrons. The predicted octanol–water partition coefficient (Wildman–Crippen LogP) is 3.00. The van der Waals surface area contributed by atoms with E-state index in [0.29, 0.717) is 11.3 Å². The van der Waals surface area contributed by atoms with Crippen molar-refractivity contribution >= 4 is 17.3 Å². The molecule has 0 spiro atoms. The van der Waals surface area contributed by atoms with E-state index in [0.717, 1.165) is 5.56 Å². The van der Waals surface area contributed by atoms with Crippen molar-refractivity contribution in [1.29, 1.82) is 0 Å². The molecule has 2 aromatic carbocycles. The summed E-state index contributed by atoms with van der Waals surface area (Å²) in [6, 6.07) is 9.62. The smallest absolute Gasteiger partial charge is 0.296 e. The molecule has 30 heavy (non-hydrogen) atoms. The third kappa shape index (κ3) is 4.22. The number of ether oxygens (including phenoxy) is 3. The quantitative estimate of drug-likeness (QED) is 0.548. The maximum atomic E-state index is 12.5. The number of hydrogen-bond donors (Lipinski definition) is 2. The Hall–Kier alpha value is -3.17. The van der Waals surface area contributed by atoms with Crippen LogP contribution in [0.15, 0.2) is 36.4 Å². The van der Waals surface area contributed by atoms with Crippen LogP contribution in [0.25, 0.3) is 0 Å². The molecule has 2 aromatic rings. The van der Waals surface area contributed by atoms with Crippen LogP contribution < -0.4 is 14.8 Å². The fraction of sp³-hybridized carbons (Fsp3) is 0.381. The van der Waals surface area contributed by atoms with E-state index >= 15 is 0 Å². The SMILES string of the molecule is COc1ccc(CC(=O)Nc2cc3c(cc2[N+](=O)[O-])OC(C)(C)C(O)C3OC)cc1. The highest BCUT2D eigenvalue weighted by Crippen LogP contribution is 2.45. The molecule has 1 heterocycles. The maximum Gasteiger partial charge on any atom is 0.296 e. The van der Waals surface area contributed by atoms with Crippen LogP contribution in [0.4, 0.5) is 11.4 Å². The van der Waals surface area contributed by atoms with Gasteiger partial charge in [-0.25, -0.2) is 0 Å². The Morgan fingerprint density at radius 2 is 1.93 bits per heavy atom. The van der Waals surface area contributed by atoms with E-state index in [1.165, 1.54) is 19.2 Å². The van der Waals surface area contributed by atoms with Gasteiger partial charge in [-0.15, -0.1) is 0 Å². The molecule has 0 saturated carbocycles. The van der Waals surface area contributed by atoms with E-state index in [-0.39, 0.29) is 23.5 Å². The van der Waals surface area contributed by atoms with E-state index in [4.69, 9.17) is 14.2 Å². The molecule has 2 N–H and O–H groups in total. The number of methoxy groups -OCH3 is 2. The highest BCUT2D eigenvalue weighted by atomic mass is 16.6. The molecule has 1 aliphatic heterocycles. The number of nitrogens with zero attached hydrogens (tertiary/aromatic N) is 1. The van der Waals surface area contributed by atoms with Crippen molar-refractivity contribution in [2.45, 2.75) is 38.1 Å². The first-order chi connectivity index (χ1) is 14.2. The van der Waals surface area contributed by atoms with Crippen molar-refractivity contribution in [3.63, 3.8) is 0 Å². The van der Waals surface area contributed by atoms with Crippen molar-refractivity contribution in [1.82, 2.24) is 0 Å².